The number of nitriles is 1. The van der Waals surface area contributed by atoms with Crippen molar-refractivity contribution in [2.24, 2.45) is 0 Å². The molecular weight excluding hydrogens is 306 g/mol. The second-order valence-electron chi connectivity index (χ2n) is 5.37. The maximum Gasteiger partial charge on any atom is 0.348 e. The van der Waals surface area contributed by atoms with Crippen LogP contribution < -0.4 is 0 Å². The van der Waals surface area contributed by atoms with Crippen LogP contribution in [0.2, 0.25) is 0 Å². The molecule has 24 heavy (non-hydrogen) atoms. The monoisotopic (exact) mass is 321 g/mol. The Morgan fingerprint density at radius 3 is 2.75 bits per heavy atom. The summed E-state index contributed by atoms with van der Waals surface area (Å²) in [4.78, 5) is 12.0. The summed E-state index contributed by atoms with van der Waals surface area (Å²) in [5, 5.41) is 18.5. The number of aromatic hydroxyl groups is 1. The molecule has 0 radical (unpaired) electrons. The van der Waals surface area contributed by atoms with Crippen LogP contribution in [0.15, 0.2) is 60.2 Å². The van der Waals surface area contributed by atoms with Gasteiger partial charge in [0.15, 0.2) is 0 Å². The van der Waals surface area contributed by atoms with E-state index in [9.17, 15) is 9.90 Å². The highest BCUT2D eigenvalue weighted by Crippen LogP contribution is 2.38. The standard InChI is InChI=1S/C19H15NO4/c20-11-15(9-13-5-4-8-16(21)10-13)19(22)23-12-17-18(24-17)14-6-2-1-3-7-14/h1-10,17-18,21H,12H2/b15-9+. The molecule has 1 aliphatic heterocycles. The Morgan fingerprint density at radius 1 is 1.25 bits per heavy atom. The summed E-state index contributed by atoms with van der Waals surface area (Å²) in [6.07, 6.45) is 1.13. The summed E-state index contributed by atoms with van der Waals surface area (Å²) in [5.74, 6) is -0.644. The van der Waals surface area contributed by atoms with E-state index in [4.69, 9.17) is 14.7 Å². The second kappa shape index (κ2) is 6.99. The summed E-state index contributed by atoms with van der Waals surface area (Å²) in [7, 11) is 0. The lowest BCUT2D eigenvalue weighted by Crippen LogP contribution is -2.11. The molecule has 1 N–H and O–H groups in total. The zero-order valence-electron chi connectivity index (χ0n) is 12.8. The molecule has 0 aromatic heterocycles. The number of hydrogen-bond donors (Lipinski definition) is 1. The average molecular weight is 321 g/mol. The molecule has 1 fully saturated rings. The van der Waals surface area contributed by atoms with Crippen LogP contribution in [-0.2, 0) is 14.3 Å². The highest BCUT2D eigenvalue weighted by atomic mass is 16.6. The molecule has 5 heteroatoms. The summed E-state index contributed by atoms with van der Waals surface area (Å²) in [6.45, 7) is 0.0947. The third-order valence-electron chi connectivity index (χ3n) is 3.61. The number of phenols is 1. The first-order chi connectivity index (χ1) is 11.7. The van der Waals surface area contributed by atoms with Crippen LogP contribution >= 0.6 is 0 Å². The first kappa shape index (κ1) is 15.8. The molecule has 1 saturated heterocycles. The number of carbonyl (C=O) groups excluding carboxylic acids is 1. The number of nitrogens with zero attached hydrogens (tertiary/aromatic N) is 1. The van der Waals surface area contributed by atoms with E-state index in [1.165, 1.54) is 18.2 Å². The van der Waals surface area contributed by atoms with Crippen molar-refractivity contribution < 1.29 is 19.4 Å². The molecule has 0 amide bonds. The van der Waals surface area contributed by atoms with E-state index in [0.717, 1.165) is 5.56 Å². The number of carbonyl (C=O) groups is 1. The van der Waals surface area contributed by atoms with Gasteiger partial charge < -0.3 is 14.6 Å². The highest BCUT2D eigenvalue weighted by Gasteiger charge is 2.41. The SMILES string of the molecule is N#C/C(=C\c1cccc(O)c1)C(=O)OCC1OC1c1ccccc1. The van der Waals surface area contributed by atoms with E-state index in [0.29, 0.717) is 5.56 Å². The van der Waals surface area contributed by atoms with Crippen LogP contribution in [0.1, 0.15) is 17.2 Å². The number of phenolic OH excluding ortho intramolecular Hbond substituents is 1. The van der Waals surface area contributed by atoms with Crippen molar-refractivity contribution in [2.45, 2.75) is 12.2 Å². The number of benzene rings is 2. The first-order valence-corrected chi connectivity index (χ1v) is 7.46. The van der Waals surface area contributed by atoms with Crippen molar-refractivity contribution in [3.8, 4) is 11.8 Å². The van der Waals surface area contributed by atoms with Crippen molar-refractivity contribution in [3.05, 3.63) is 71.3 Å². The molecule has 5 nitrogen and oxygen atoms in total. The van der Waals surface area contributed by atoms with E-state index >= 15 is 0 Å². The normalized spacial score (nSPS) is 19.4. The Hall–Kier alpha value is -3.10. The summed E-state index contributed by atoms with van der Waals surface area (Å²) in [5.41, 5.74) is 1.46. The van der Waals surface area contributed by atoms with Crippen LogP contribution in [-0.4, -0.2) is 23.8 Å². The van der Waals surface area contributed by atoms with Crippen molar-refractivity contribution >= 4 is 12.0 Å². The zero-order chi connectivity index (χ0) is 16.9. The lowest BCUT2D eigenvalue weighted by atomic mass is 10.1. The van der Waals surface area contributed by atoms with Crippen molar-refractivity contribution in [2.75, 3.05) is 6.61 Å². The van der Waals surface area contributed by atoms with Gasteiger partial charge in [0.25, 0.3) is 0 Å². The lowest BCUT2D eigenvalue weighted by molar-refractivity contribution is -0.138. The van der Waals surface area contributed by atoms with Crippen LogP contribution in [0.3, 0.4) is 0 Å². The number of epoxide rings is 1. The minimum Gasteiger partial charge on any atom is -0.508 e. The molecule has 1 aliphatic rings. The third kappa shape index (κ3) is 3.80. The van der Waals surface area contributed by atoms with Crippen LogP contribution in [0.4, 0.5) is 0 Å². The van der Waals surface area contributed by atoms with Crippen LogP contribution in [0.25, 0.3) is 6.08 Å². The van der Waals surface area contributed by atoms with Crippen molar-refractivity contribution in [1.29, 1.82) is 5.26 Å². The maximum absolute atomic E-state index is 12.0. The molecule has 2 aromatic rings. The molecule has 0 spiro atoms. The molecule has 0 bridgehead atoms. The molecule has 0 saturated carbocycles. The number of ether oxygens (including phenoxy) is 2. The smallest absolute Gasteiger partial charge is 0.348 e. The molecule has 3 rings (SSSR count). The van der Waals surface area contributed by atoms with Gasteiger partial charge in [0.1, 0.15) is 36.2 Å². The van der Waals surface area contributed by atoms with Gasteiger partial charge in [-0.15, -0.1) is 0 Å². The van der Waals surface area contributed by atoms with E-state index in [-0.39, 0.29) is 30.1 Å². The second-order valence-corrected chi connectivity index (χ2v) is 5.37. The van der Waals surface area contributed by atoms with E-state index in [2.05, 4.69) is 0 Å². The third-order valence-corrected chi connectivity index (χ3v) is 3.61. The van der Waals surface area contributed by atoms with Crippen molar-refractivity contribution in [1.82, 2.24) is 0 Å². The minimum atomic E-state index is -0.705. The highest BCUT2D eigenvalue weighted by molar-refractivity contribution is 5.97. The topological polar surface area (TPSA) is 82.8 Å². The Bertz CT molecular complexity index is 808. The quantitative estimate of drug-likeness (QED) is 0.396. The maximum atomic E-state index is 12.0. The van der Waals surface area contributed by atoms with Gasteiger partial charge in [-0.1, -0.05) is 42.5 Å². The summed E-state index contributed by atoms with van der Waals surface area (Å²) in [6, 6.07) is 17.8. The average Bonchev–Trinajstić information content (AvgIpc) is 3.38. The van der Waals surface area contributed by atoms with Gasteiger partial charge in [-0.3, -0.25) is 0 Å². The fraction of sp³-hybridized carbons (Fsp3) is 0.158. The van der Waals surface area contributed by atoms with Gasteiger partial charge in [0.05, 0.1) is 0 Å². The largest absolute Gasteiger partial charge is 0.508 e. The lowest BCUT2D eigenvalue weighted by Gasteiger charge is -2.02. The summed E-state index contributed by atoms with van der Waals surface area (Å²) >= 11 is 0. The number of hydrogen-bond acceptors (Lipinski definition) is 5. The molecular formula is C19H15NO4. The fourth-order valence-corrected chi connectivity index (χ4v) is 2.36. The van der Waals surface area contributed by atoms with Gasteiger partial charge in [-0.25, -0.2) is 4.79 Å². The van der Waals surface area contributed by atoms with Gasteiger partial charge in [0, 0.05) is 0 Å². The zero-order valence-corrected chi connectivity index (χ0v) is 12.8. The van der Waals surface area contributed by atoms with E-state index in [1.807, 2.05) is 36.4 Å². The predicted octanol–water partition coefficient (Wildman–Crippen LogP) is 2.98. The Labute approximate surface area is 139 Å². The fourth-order valence-electron chi connectivity index (χ4n) is 2.36. The number of esters is 1. The van der Waals surface area contributed by atoms with Gasteiger partial charge >= 0.3 is 5.97 Å². The minimum absolute atomic E-state index is 0.0616. The summed E-state index contributed by atoms with van der Waals surface area (Å²) < 4.78 is 10.6. The van der Waals surface area contributed by atoms with Gasteiger partial charge in [-0.2, -0.15) is 5.26 Å². The molecule has 2 unspecified atom stereocenters. The number of rotatable bonds is 5. The van der Waals surface area contributed by atoms with Crippen LogP contribution in [0.5, 0.6) is 5.75 Å². The molecule has 2 atom stereocenters. The Morgan fingerprint density at radius 2 is 2.04 bits per heavy atom. The first-order valence-electron chi connectivity index (χ1n) is 7.46. The van der Waals surface area contributed by atoms with Gasteiger partial charge in [-0.05, 0) is 29.3 Å². The Kier molecular flexibility index (Phi) is 4.59. The molecule has 2 aromatic carbocycles. The van der Waals surface area contributed by atoms with Crippen LogP contribution in [0, 0.1) is 11.3 Å². The van der Waals surface area contributed by atoms with E-state index in [1.54, 1.807) is 12.1 Å². The van der Waals surface area contributed by atoms with Crippen molar-refractivity contribution in [3.63, 3.8) is 0 Å². The van der Waals surface area contributed by atoms with E-state index < -0.39 is 5.97 Å². The molecule has 0 aliphatic carbocycles. The molecule has 120 valence electrons. The molecule has 1 heterocycles. The predicted molar refractivity (Wildman–Crippen MR) is 86.7 cm³/mol. The Balaban J connectivity index is 1.58. The van der Waals surface area contributed by atoms with Gasteiger partial charge in [0.2, 0.25) is 0 Å².